The maximum Gasteiger partial charge on any atom is 0.317 e. The van der Waals surface area contributed by atoms with Gasteiger partial charge in [0.25, 0.3) is 0 Å². The standard InChI is InChI=1S/C30H52N4O2/c1-27(2)11-23-13-29(5,17-27)19-33(23)25(35)31-15-21-8-7-9-22(10-21)16-32-26(36)34-20-30(6)14-24(34)12-28(3,4)18-30/h21-24H,7-20H2,1-6H3,(H,31,35)(H,32,36). The Kier molecular flexibility index (Phi) is 6.60. The number of urea groups is 2. The van der Waals surface area contributed by atoms with Gasteiger partial charge in [-0.1, -0.05) is 48.0 Å². The van der Waals surface area contributed by atoms with Crippen molar-refractivity contribution in [2.45, 2.75) is 118 Å². The minimum Gasteiger partial charge on any atom is -0.338 e. The van der Waals surface area contributed by atoms with Crippen LogP contribution in [0.3, 0.4) is 0 Å². The van der Waals surface area contributed by atoms with Gasteiger partial charge in [0, 0.05) is 38.3 Å². The van der Waals surface area contributed by atoms with E-state index in [1.54, 1.807) is 0 Å². The van der Waals surface area contributed by atoms with Crippen LogP contribution in [0.5, 0.6) is 0 Å². The number of rotatable bonds is 4. The predicted molar refractivity (Wildman–Crippen MR) is 145 cm³/mol. The van der Waals surface area contributed by atoms with Crippen LogP contribution in [0.2, 0.25) is 0 Å². The van der Waals surface area contributed by atoms with Gasteiger partial charge in [0.05, 0.1) is 0 Å². The molecule has 2 saturated heterocycles. The summed E-state index contributed by atoms with van der Waals surface area (Å²) in [6.07, 6.45) is 11.6. The second kappa shape index (κ2) is 9.08. The molecule has 4 bridgehead atoms. The molecule has 2 heterocycles. The molecular weight excluding hydrogens is 448 g/mol. The molecule has 0 aromatic carbocycles. The lowest BCUT2D eigenvalue weighted by Gasteiger charge is -2.39. The molecule has 5 aliphatic rings. The van der Waals surface area contributed by atoms with Crippen LogP contribution in [0.1, 0.15) is 106 Å². The summed E-state index contributed by atoms with van der Waals surface area (Å²) < 4.78 is 0. The summed E-state index contributed by atoms with van der Waals surface area (Å²) in [6, 6.07) is 1.08. The zero-order valence-corrected chi connectivity index (χ0v) is 23.9. The van der Waals surface area contributed by atoms with Crippen molar-refractivity contribution in [3.05, 3.63) is 0 Å². The summed E-state index contributed by atoms with van der Waals surface area (Å²) in [7, 11) is 0. The molecule has 5 rings (SSSR count). The van der Waals surface area contributed by atoms with Crippen LogP contribution < -0.4 is 10.6 Å². The Balaban J connectivity index is 1.07. The summed E-state index contributed by atoms with van der Waals surface area (Å²) in [5.74, 6) is 1.04. The van der Waals surface area contributed by atoms with E-state index in [2.05, 4.69) is 62.0 Å². The second-order valence-electron chi connectivity index (χ2n) is 16.0. The van der Waals surface area contributed by atoms with Crippen molar-refractivity contribution in [1.82, 2.24) is 20.4 Å². The molecule has 0 radical (unpaired) electrons. The molecule has 0 spiro atoms. The molecule has 0 aromatic rings. The number of hydrogen-bond donors (Lipinski definition) is 2. The summed E-state index contributed by atoms with van der Waals surface area (Å²) in [4.78, 5) is 30.6. The third kappa shape index (κ3) is 5.53. The molecule has 2 aliphatic heterocycles. The van der Waals surface area contributed by atoms with E-state index in [9.17, 15) is 9.59 Å². The Morgan fingerprint density at radius 2 is 1.11 bits per heavy atom. The lowest BCUT2D eigenvalue weighted by atomic mass is 9.65. The van der Waals surface area contributed by atoms with E-state index in [0.29, 0.717) is 34.7 Å². The number of amides is 4. The fourth-order valence-corrected chi connectivity index (χ4v) is 9.83. The highest BCUT2D eigenvalue weighted by Gasteiger charge is 2.52. The van der Waals surface area contributed by atoms with E-state index in [0.717, 1.165) is 58.3 Å². The maximum absolute atomic E-state index is 13.1. The van der Waals surface area contributed by atoms with E-state index in [1.807, 2.05) is 0 Å². The van der Waals surface area contributed by atoms with Crippen molar-refractivity contribution in [2.75, 3.05) is 26.2 Å². The van der Waals surface area contributed by atoms with E-state index >= 15 is 0 Å². The topological polar surface area (TPSA) is 64.7 Å². The van der Waals surface area contributed by atoms with Gasteiger partial charge in [-0.2, -0.15) is 0 Å². The zero-order valence-electron chi connectivity index (χ0n) is 23.9. The van der Waals surface area contributed by atoms with Gasteiger partial charge in [-0.25, -0.2) is 9.59 Å². The molecule has 204 valence electrons. The van der Waals surface area contributed by atoms with Crippen molar-refractivity contribution >= 4 is 12.1 Å². The normalized spacial score (nSPS) is 40.7. The van der Waals surface area contributed by atoms with Gasteiger partial charge < -0.3 is 20.4 Å². The number of likely N-dealkylation sites (tertiary alicyclic amines) is 2. The largest absolute Gasteiger partial charge is 0.338 e. The van der Waals surface area contributed by atoms with E-state index in [4.69, 9.17) is 0 Å². The number of nitrogens with zero attached hydrogens (tertiary/aromatic N) is 2. The van der Waals surface area contributed by atoms with Crippen molar-refractivity contribution in [2.24, 2.45) is 33.5 Å². The molecule has 3 saturated carbocycles. The summed E-state index contributed by atoms with van der Waals surface area (Å²) >= 11 is 0. The van der Waals surface area contributed by atoms with Gasteiger partial charge in [0.1, 0.15) is 0 Å². The Hall–Kier alpha value is -1.46. The van der Waals surface area contributed by atoms with Crippen molar-refractivity contribution in [1.29, 1.82) is 0 Å². The monoisotopic (exact) mass is 500 g/mol. The molecule has 6 nitrogen and oxygen atoms in total. The molecule has 5 fully saturated rings. The van der Waals surface area contributed by atoms with Crippen molar-refractivity contribution in [3.8, 4) is 0 Å². The first kappa shape index (κ1) is 26.2. The van der Waals surface area contributed by atoms with Gasteiger partial charge >= 0.3 is 12.1 Å². The molecule has 3 aliphatic carbocycles. The summed E-state index contributed by atoms with van der Waals surface area (Å²) in [5, 5.41) is 6.62. The van der Waals surface area contributed by atoms with Crippen LogP contribution in [0, 0.1) is 33.5 Å². The lowest BCUT2D eigenvalue weighted by Crippen LogP contribution is -2.46. The molecule has 36 heavy (non-hydrogen) atoms. The highest BCUT2D eigenvalue weighted by atomic mass is 16.2. The predicted octanol–water partition coefficient (Wildman–Crippen LogP) is 6.01. The molecule has 6 atom stereocenters. The van der Waals surface area contributed by atoms with Crippen molar-refractivity contribution in [3.63, 3.8) is 0 Å². The highest BCUT2D eigenvalue weighted by molar-refractivity contribution is 5.75. The number of carbonyl (C=O) groups is 2. The third-order valence-electron chi connectivity index (χ3n) is 10.3. The fraction of sp³-hybridized carbons (Fsp3) is 0.933. The molecule has 0 aromatic heterocycles. The Bertz CT molecular complexity index is 803. The zero-order chi connectivity index (χ0) is 25.9. The van der Waals surface area contributed by atoms with Crippen LogP contribution in [0.4, 0.5) is 9.59 Å². The van der Waals surface area contributed by atoms with Gasteiger partial charge in [0.2, 0.25) is 0 Å². The Labute approximate surface area is 219 Å². The fourth-order valence-electron chi connectivity index (χ4n) is 9.83. The summed E-state index contributed by atoms with van der Waals surface area (Å²) in [5.41, 5.74) is 1.21. The molecule has 4 amide bonds. The second-order valence-corrected chi connectivity index (χ2v) is 16.0. The average molecular weight is 501 g/mol. The number of hydrogen-bond acceptors (Lipinski definition) is 2. The van der Waals surface area contributed by atoms with Crippen LogP contribution >= 0.6 is 0 Å². The van der Waals surface area contributed by atoms with Crippen molar-refractivity contribution < 1.29 is 9.59 Å². The number of nitrogens with one attached hydrogen (secondary N) is 2. The van der Waals surface area contributed by atoms with Gasteiger partial charge in [-0.15, -0.1) is 0 Å². The Morgan fingerprint density at radius 1 is 0.694 bits per heavy atom. The maximum atomic E-state index is 13.1. The van der Waals surface area contributed by atoms with Crippen LogP contribution in [-0.2, 0) is 0 Å². The first-order chi connectivity index (χ1) is 16.7. The van der Waals surface area contributed by atoms with Gasteiger partial charge in [-0.05, 0) is 91.3 Å². The van der Waals surface area contributed by atoms with E-state index < -0.39 is 0 Å². The SMILES string of the molecule is CC1(C)CC2CC(C)(CN2C(=O)NCC2CCCC(CNC(=O)N3CC4(C)CC3CC(C)(C)C4)C2)C1. The Morgan fingerprint density at radius 3 is 1.53 bits per heavy atom. The quantitative estimate of drug-likeness (QED) is 0.496. The smallest absolute Gasteiger partial charge is 0.317 e. The summed E-state index contributed by atoms with van der Waals surface area (Å²) in [6.45, 7) is 17.5. The van der Waals surface area contributed by atoms with E-state index in [-0.39, 0.29) is 22.9 Å². The highest BCUT2D eigenvalue weighted by Crippen LogP contribution is 2.53. The molecule has 6 unspecified atom stereocenters. The first-order valence-electron chi connectivity index (χ1n) is 14.8. The minimum atomic E-state index is 0.147. The lowest BCUT2D eigenvalue weighted by molar-refractivity contribution is 0.128. The number of carbonyl (C=O) groups excluding carboxylic acids is 2. The number of fused-ring (bicyclic) bond motifs is 4. The van der Waals surface area contributed by atoms with Crippen LogP contribution in [-0.4, -0.2) is 60.1 Å². The average Bonchev–Trinajstić information content (AvgIpc) is 3.16. The third-order valence-corrected chi connectivity index (χ3v) is 10.3. The van der Waals surface area contributed by atoms with Gasteiger partial charge in [-0.3, -0.25) is 0 Å². The van der Waals surface area contributed by atoms with Crippen LogP contribution in [0.25, 0.3) is 0 Å². The molecular formula is C30H52N4O2. The molecule has 2 N–H and O–H groups in total. The molecule has 6 heteroatoms. The minimum absolute atomic E-state index is 0.147. The van der Waals surface area contributed by atoms with Gasteiger partial charge in [0.15, 0.2) is 0 Å². The first-order valence-corrected chi connectivity index (χ1v) is 14.8. The van der Waals surface area contributed by atoms with E-state index in [1.165, 1.54) is 32.1 Å². The van der Waals surface area contributed by atoms with Crippen LogP contribution in [0.15, 0.2) is 0 Å².